The normalized spacial score (nSPS) is 11.6. The van der Waals surface area contributed by atoms with Crippen LogP contribution in [0.15, 0.2) is 67.3 Å². The predicted molar refractivity (Wildman–Crippen MR) is 109 cm³/mol. The molecule has 2 aromatic carbocycles. The fourth-order valence-electron chi connectivity index (χ4n) is 2.80. The number of aryl methyl sites for hydroxylation is 1. The number of rotatable bonds is 7. The lowest BCUT2D eigenvalue weighted by atomic mass is 10.1. The molecule has 0 bridgehead atoms. The van der Waals surface area contributed by atoms with Crippen molar-refractivity contribution < 1.29 is 9.59 Å². The number of benzene rings is 2. The van der Waals surface area contributed by atoms with E-state index >= 15 is 0 Å². The Morgan fingerprint density at radius 1 is 1.18 bits per heavy atom. The third kappa shape index (κ3) is 5.20. The first-order chi connectivity index (χ1) is 13.5. The minimum atomic E-state index is -0.241. The van der Waals surface area contributed by atoms with Gasteiger partial charge in [0.05, 0.1) is 12.4 Å². The second-order valence-corrected chi connectivity index (χ2v) is 6.80. The number of aromatic nitrogens is 2. The standard InChI is InChI=1S/C21H21ClN4O2/c1-15(18-7-2-3-8-19(18)22)24-21(28)16-5-4-6-17(13-16)25-20(27)9-11-26-12-10-23-14-26/h2-8,10,12-15H,9,11H2,1H3,(H,24,28)(H,25,27). The van der Waals surface area contributed by atoms with Gasteiger partial charge in [0.15, 0.2) is 0 Å². The Bertz CT molecular complexity index is 957. The molecule has 28 heavy (non-hydrogen) atoms. The van der Waals surface area contributed by atoms with Gasteiger partial charge in [-0.05, 0) is 36.8 Å². The lowest BCUT2D eigenvalue weighted by Crippen LogP contribution is -2.27. The summed E-state index contributed by atoms with van der Waals surface area (Å²) in [6, 6.07) is 14.0. The van der Waals surface area contributed by atoms with Crippen molar-refractivity contribution in [2.24, 2.45) is 0 Å². The van der Waals surface area contributed by atoms with Crippen LogP contribution < -0.4 is 10.6 Å². The van der Waals surface area contributed by atoms with Gasteiger partial charge in [-0.25, -0.2) is 4.98 Å². The Kier molecular flexibility index (Phi) is 6.45. The van der Waals surface area contributed by atoms with Crippen LogP contribution in [0.5, 0.6) is 0 Å². The maximum absolute atomic E-state index is 12.6. The molecule has 0 saturated carbocycles. The zero-order valence-electron chi connectivity index (χ0n) is 15.4. The van der Waals surface area contributed by atoms with Gasteiger partial charge < -0.3 is 15.2 Å². The molecule has 0 aliphatic heterocycles. The molecule has 144 valence electrons. The van der Waals surface area contributed by atoms with Crippen LogP contribution in [0.4, 0.5) is 5.69 Å². The minimum absolute atomic E-state index is 0.129. The number of anilines is 1. The zero-order valence-corrected chi connectivity index (χ0v) is 16.2. The number of carbonyl (C=O) groups excluding carboxylic acids is 2. The molecule has 7 heteroatoms. The molecule has 0 aliphatic rings. The van der Waals surface area contributed by atoms with Crippen molar-refractivity contribution in [1.82, 2.24) is 14.9 Å². The average molecular weight is 397 g/mol. The summed E-state index contributed by atoms with van der Waals surface area (Å²) in [4.78, 5) is 28.7. The summed E-state index contributed by atoms with van der Waals surface area (Å²) in [6.07, 6.45) is 5.46. The number of hydrogen-bond acceptors (Lipinski definition) is 3. The summed E-state index contributed by atoms with van der Waals surface area (Å²) in [7, 11) is 0. The largest absolute Gasteiger partial charge is 0.345 e. The highest BCUT2D eigenvalue weighted by Crippen LogP contribution is 2.22. The summed E-state index contributed by atoms with van der Waals surface area (Å²) in [5.41, 5.74) is 1.89. The first-order valence-corrected chi connectivity index (χ1v) is 9.31. The van der Waals surface area contributed by atoms with Crippen LogP contribution >= 0.6 is 11.6 Å². The molecule has 6 nitrogen and oxygen atoms in total. The van der Waals surface area contributed by atoms with Gasteiger partial charge in [0.2, 0.25) is 5.91 Å². The number of nitrogens with zero attached hydrogens (tertiary/aromatic N) is 2. The van der Waals surface area contributed by atoms with Crippen molar-refractivity contribution in [3.8, 4) is 0 Å². The first-order valence-electron chi connectivity index (χ1n) is 8.94. The van der Waals surface area contributed by atoms with Crippen molar-refractivity contribution in [3.05, 3.63) is 83.4 Å². The van der Waals surface area contributed by atoms with Gasteiger partial charge in [0, 0.05) is 41.6 Å². The summed E-state index contributed by atoms with van der Waals surface area (Å²) >= 11 is 6.19. The molecule has 2 amide bonds. The average Bonchev–Trinajstić information content (AvgIpc) is 3.20. The molecule has 1 atom stereocenters. The van der Waals surface area contributed by atoms with E-state index in [0.717, 1.165) is 5.56 Å². The third-order valence-corrected chi connectivity index (χ3v) is 4.63. The van der Waals surface area contributed by atoms with Crippen molar-refractivity contribution in [3.63, 3.8) is 0 Å². The SMILES string of the molecule is CC(NC(=O)c1cccc(NC(=O)CCn2ccnc2)c1)c1ccccc1Cl. The summed E-state index contributed by atoms with van der Waals surface area (Å²) in [5, 5.41) is 6.36. The van der Waals surface area contributed by atoms with E-state index < -0.39 is 0 Å². The second-order valence-electron chi connectivity index (χ2n) is 6.40. The smallest absolute Gasteiger partial charge is 0.251 e. The Morgan fingerprint density at radius 3 is 2.75 bits per heavy atom. The summed E-state index contributed by atoms with van der Waals surface area (Å²) in [5.74, 6) is -0.363. The number of hydrogen-bond donors (Lipinski definition) is 2. The van der Waals surface area contributed by atoms with Gasteiger partial charge >= 0.3 is 0 Å². The van der Waals surface area contributed by atoms with E-state index in [1.807, 2.05) is 29.7 Å². The van der Waals surface area contributed by atoms with Gasteiger partial charge in [-0.1, -0.05) is 35.9 Å². The van der Waals surface area contributed by atoms with Gasteiger partial charge in [-0.3, -0.25) is 9.59 Å². The summed E-state index contributed by atoms with van der Waals surface area (Å²) in [6.45, 7) is 2.42. The van der Waals surface area contributed by atoms with Gasteiger partial charge in [0.1, 0.15) is 0 Å². The van der Waals surface area contributed by atoms with Crippen LogP contribution in [0.2, 0.25) is 5.02 Å². The fraction of sp³-hybridized carbons (Fsp3) is 0.190. The van der Waals surface area contributed by atoms with Gasteiger partial charge in [-0.2, -0.15) is 0 Å². The Morgan fingerprint density at radius 2 is 2.00 bits per heavy atom. The maximum Gasteiger partial charge on any atom is 0.251 e. The molecule has 1 unspecified atom stereocenters. The number of nitrogens with one attached hydrogen (secondary N) is 2. The van der Waals surface area contributed by atoms with Crippen molar-refractivity contribution >= 4 is 29.1 Å². The monoisotopic (exact) mass is 396 g/mol. The number of imidazole rings is 1. The number of carbonyl (C=O) groups is 2. The van der Waals surface area contributed by atoms with Crippen LogP contribution in [0.25, 0.3) is 0 Å². The van der Waals surface area contributed by atoms with Crippen molar-refractivity contribution in [2.75, 3.05) is 5.32 Å². The molecule has 2 N–H and O–H groups in total. The van der Waals surface area contributed by atoms with E-state index in [4.69, 9.17) is 11.6 Å². The van der Waals surface area contributed by atoms with Crippen molar-refractivity contribution in [1.29, 1.82) is 0 Å². The number of halogens is 1. The molecule has 0 spiro atoms. The zero-order chi connectivity index (χ0) is 19.9. The highest BCUT2D eigenvalue weighted by molar-refractivity contribution is 6.31. The van der Waals surface area contributed by atoms with Crippen LogP contribution in [0.3, 0.4) is 0 Å². The quantitative estimate of drug-likeness (QED) is 0.632. The van der Waals surface area contributed by atoms with Gasteiger partial charge in [-0.15, -0.1) is 0 Å². The molecule has 0 radical (unpaired) electrons. The van der Waals surface area contributed by atoms with E-state index in [2.05, 4.69) is 15.6 Å². The fourth-order valence-corrected chi connectivity index (χ4v) is 3.09. The molecule has 0 saturated heterocycles. The molecule has 1 aromatic heterocycles. The molecule has 3 aromatic rings. The summed E-state index contributed by atoms with van der Waals surface area (Å²) < 4.78 is 1.83. The van der Waals surface area contributed by atoms with Crippen molar-refractivity contribution in [2.45, 2.75) is 25.9 Å². The third-order valence-electron chi connectivity index (χ3n) is 4.28. The maximum atomic E-state index is 12.6. The minimum Gasteiger partial charge on any atom is -0.345 e. The van der Waals surface area contributed by atoms with E-state index in [-0.39, 0.29) is 17.9 Å². The van der Waals surface area contributed by atoms with E-state index in [1.165, 1.54) is 0 Å². The van der Waals surface area contributed by atoms with Crippen LogP contribution in [-0.4, -0.2) is 21.4 Å². The highest BCUT2D eigenvalue weighted by atomic mass is 35.5. The Balaban J connectivity index is 1.59. The first kappa shape index (κ1) is 19.6. The molecular formula is C21H21ClN4O2. The molecular weight excluding hydrogens is 376 g/mol. The van der Waals surface area contributed by atoms with E-state index in [1.54, 1.807) is 49.1 Å². The Hall–Kier alpha value is -3.12. The molecule has 0 aliphatic carbocycles. The van der Waals surface area contributed by atoms with Crippen LogP contribution in [0.1, 0.15) is 35.3 Å². The highest BCUT2D eigenvalue weighted by Gasteiger charge is 2.14. The number of amides is 2. The lowest BCUT2D eigenvalue weighted by molar-refractivity contribution is -0.116. The molecule has 3 rings (SSSR count). The van der Waals surface area contributed by atoms with E-state index in [9.17, 15) is 9.59 Å². The second kappa shape index (κ2) is 9.19. The van der Waals surface area contributed by atoms with Crippen LogP contribution in [-0.2, 0) is 11.3 Å². The molecule has 0 fully saturated rings. The topological polar surface area (TPSA) is 76.0 Å². The Labute approximate surface area is 168 Å². The van der Waals surface area contributed by atoms with E-state index in [0.29, 0.717) is 29.2 Å². The van der Waals surface area contributed by atoms with Crippen LogP contribution in [0, 0.1) is 0 Å². The lowest BCUT2D eigenvalue weighted by Gasteiger charge is -2.16. The molecule has 1 heterocycles. The van der Waals surface area contributed by atoms with Gasteiger partial charge in [0.25, 0.3) is 5.91 Å². The predicted octanol–water partition coefficient (Wildman–Crippen LogP) is 4.06.